The molecule has 2 atom stereocenters. The van der Waals surface area contributed by atoms with Crippen molar-refractivity contribution in [2.45, 2.75) is 42.4 Å². The largest absolute Gasteiger partial charge is 0.538 e. The maximum absolute atomic E-state index is 12.7. The molecule has 0 saturated carbocycles. The van der Waals surface area contributed by atoms with E-state index in [4.69, 9.17) is 0 Å². The van der Waals surface area contributed by atoms with Crippen LogP contribution in [-0.2, 0) is 24.7 Å². The lowest BCUT2D eigenvalue weighted by Gasteiger charge is -2.22. The molecule has 2 heterocycles. The Morgan fingerprint density at radius 3 is 2.90 bits per heavy atom. The number of aryl methyl sites for hydroxylation is 1. The number of thioether (sulfide) groups is 1. The van der Waals surface area contributed by atoms with Gasteiger partial charge in [0.2, 0.25) is 5.91 Å². The number of benzene rings is 1. The van der Waals surface area contributed by atoms with Crippen LogP contribution in [-0.4, -0.2) is 16.4 Å². The van der Waals surface area contributed by atoms with Crippen LogP contribution in [0.1, 0.15) is 40.8 Å². The first-order valence-electron chi connectivity index (χ1n) is 9.58. The second-order valence-corrected chi connectivity index (χ2v) is 9.64. The van der Waals surface area contributed by atoms with Crippen LogP contribution >= 0.6 is 23.1 Å². The summed E-state index contributed by atoms with van der Waals surface area (Å²) < 4.78 is 5.91. The summed E-state index contributed by atoms with van der Waals surface area (Å²) in [5.41, 5.74) is 2.92. The summed E-state index contributed by atoms with van der Waals surface area (Å²) in [6.45, 7) is 1.71. The Morgan fingerprint density at radius 1 is 1.47 bits per heavy atom. The molecule has 9 heteroatoms. The second kappa shape index (κ2) is 8.50. The van der Waals surface area contributed by atoms with Crippen LogP contribution in [0.3, 0.4) is 0 Å². The standard InChI is InChI=1S/C21H20N4O3S2/c1-12(29-20-21(27)28-24-25(20)2)18(26)23-19-16(11-22)15-9-8-14(10-17(15)30-19)13-6-4-3-5-7-13/h3-7,12,14H,8-10H2,1-2H3,(H-,23,24,26,27). The Kier molecular flexibility index (Phi) is 5.79. The molecule has 0 saturated heterocycles. The fourth-order valence-corrected chi connectivity index (χ4v) is 5.77. The lowest BCUT2D eigenvalue weighted by molar-refractivity contribution is -0.772. The van der Waals surface area contributed by atoms with E-state index in [2.05, 4.69) is 33.3 Å². The SMILES string of the molecule is CC(Sc1c([O-])on[n+]1C)C(=O)Nc1sc2c(c1C#N)CCC(c1ccccc1)C2. The number of rotatable bonds is 5. The highest BCUT2D eigenvalue weighted by Gasteiger charge is 2.29. The summed E-state index contributed by atoms with van der Waals surface area (Å²) in [5.74, 6) is -0.417. The van der Waals surface area contributed by atoms with Gasteiger partial charge in [-0.15, -0.1) is 11.3 Å². The number of aromatic nitrogens is 2. The highest BCUT2D eigenvalue weighted by molar-refractivity contribution is 8.00. The zero-order chi connectivity index (χ0) is 21.3. The Balaban J connectivity index is 1.51. The number of thiophene rings is 1. The molecule has 4 rings (SSSR count). The number of carbonyl (C=O) groups excluding carboxylic acids is 1. The number of hydrogen-bond acceptors (Lipinski definition) is 7. The van der Waals surface area contributed by atoms with Crippen molar-refractivity contribution in [2.75, 3.05) is 5.32 Å². The minimum absolute atomic E-state index is 0.259. The molecule has 0 bridgehead atoms. The maximum Gasteiger partial charge on any atom is 0.291 e. The molecule has 0 spiro atoms. The monoisotopic (exact) mass is 440 g/mol. The van der Waals surface area contributed by atoms with Crippen LogP contribution in [0.4, 0.5) is 5.00 Å². The van der Waals surface area contributed by atoms with Gasteiger partial charge in [0.1, 0.15) is 11.1 Å². The molecule has 1 N–H and O–H groups in total. The summed E-state index contributed by atoms with van der Waals surface area (Å²) in [7, 11) is 1.59. The molecule has 1 amide bonds. The minimum Gasteiger partial charge on any atom is -0.538 e. The van der Waals surface area contributed by atoms with Crippen molar-refractivity contribution in [1.82, 2.24) is 5.27 Å². The number of carbonyl (C=O) groups is 1. The third-order valence-electron chi connectivity index (χ3n) is 5.26. The molecule has 0 aliphatic heterocycles. The van der Waals surface area contributed by atoms with E-state index in [1.165, 1.54) is 21.6 Å². The van der Waals surface area contributed by atoms with Crippen molar-refractivity contribution in [3.63, 3.8) is 0 Å². The molecule has 7 nitrogen and oxygen atoms in total. The highest BCUT2D eigenvalue weighted by atomic mass is 32.2. The van der Waals surface area contributed by atoms with Gasteiger partial charge in [-0.05, 0) is 55.0 Å². The van der Waals surface area contributed by atoms with Crippen molar-refractivity contribution < 1.29 is 19.1 Å². The van der Waals surface area contributed by atoms with Gasteiger partial charge in [-0.2, -0.15) is 5.26 Å². The lowest BCUT2D eigenvalue weighted by Crippen LogP contribution is -2.33. The van der Waals surface area contributed by atoms with Crippen molar-refractivity contribution in [2.24, 2.45) is 7.05 Å². The first-order valence-corrected chi connectivity index (χ1v) is 11.3. The summed E-state index contributed by atoms with van der Waals surface area (Å²) >= 11 is 2.56. The third kappa shape index (κ3) is 3.93. The number of anilines is 1. The van der Waals surface area contributed by atoms with Gasteiger partial charge >= 0.3 is 0 Å². The van der Waals surface area contributed by atoms with Gasteiger partial charge in [0, 0.05) is 4.88 Å². The Labute approximate surface area is 182 Å². The van der Waals surface area contributed by atoms with E-state index in [0.717, 1.165) is 41.5 Å². The van der Waals surface area contributed by atoms with E-state index in [0.29, 0.717) is 16.5 Å². The van der Waals surface area contributed by atoms with E-state index in [1.807, 2.05) is 18.2 Å². The summed E-state index contributed by atoms with van der Waals surface area (Å²) in [6.07, 6.45) is 2.68. The molecule has 0 radical (unpaired) electrons. The number of nitrogens with one attached hydrogen (secondary N) is 1. The smallest absolute Gasteiger partial charge is 0.291 e. The van der Waals surface area contributed by atoms with Gasteiger partial charge in [-0.25, -0.2) is 0 Å². The van der Waals surface area contributed by atoms with Gasteiger partial charge in [0.15, 0.2) is 13.0 Å². The molecule has 1 aliphatic rings. The number of fused-ring (bicyclic) bond motifs is 1. The van der Waals surface area contributed by atoms with Gasteiger partial charge in [0.25, 0.3) is 5.03 Å². The molecule has 3 aromatic rings. The molecule has 1 aliphatic carbocycles. The van der Waals surface area contributed by atoms with Crippen LogP contribution in [0.5, 0.6) is 5.95 Å². The first kappa shape index (κ1) is 20.4. The van der Waals surface area contributed by atoms with Crippen molar-refractivity contribution in [3.05, 3.63) is 51.9 Å². The number of nitrogens with zero attached hydrogens (tertiary/aromatic N) is 3. The summed E-state index contributed by atoms with van der Waals surface area (Å²) in [4.78, 5) is 13.9. The lowest BCUT2D eigenvalue weighted by atomic mass is 9.83. The Hall–Kier alpha value is -2.83. The topological polar surface area (TPSA) is 106 Å². The third-order valence-corrected chi connectivity index (χ3v) is 7.65. The van der Waals surface area contributed by atoms with Crippen molar-refractivity contribution >= 4 is 34.0 Å². The van der Waals surface area contributed by atoms with Crippen LogP contribution in [0.2, 0.25) is 0 Å². The quantitative estimate of drug-likeness (QED) is 0.483. The second-order valence-electron chi connectivity index (χ2n) is 7.21. The fraction of sp³-hybridized carbons (Fsp3) is 0.333. The summed E-state index contributed by atoms with van der Waals surface area (Å²) in [6, 6.07) is 12.7. The predicted octanol–water partition coefficient (Wildman–Crippen LogP) is 2.90. The van der Waals surface area contributed by atoms with Crippen LogP contribution in [0, 0.1) is 11.3 Å². The van der Waals surface area contributed by atoms with Gasteiger partial charge in [-0.1, -0.05) is 35.0 Å². The first-order chi connectivity index (χ1) is 14.5. The zero-order valence-electron chi connectivity index (χ0n) is 16.5. The highest BCUT2D eigenvalue weighted by Crippen LogP contribution is 2.42. The van der Waals surface area contributed by atoms with E-state index < -0.39 is 11.2 Å². The van der Waals surface area contributed by atoms with E-state index >= 15 is 0 Å². The van der Waals surface area contributed by atoms with Gasteiger partial charge in [-0.3, -0.25) is 4.79 Å². The molecule has 2 aromatic heterocycles. The van der Waals surface area contributed by atoms with Gasteiger partial charge < -0.3 is 14.9 Å². The zero-order valence-corrected chi connectivity index (χ0v) is 18.2. The Bertz CT molecular complexity index is 1100. The molecule has 30 heavy (non-hydrogen) atoms. The number of hydrogen-bond donors (Lipinski definition) is 1. The van der Waals surface area contributed by atoms with Crippen molar-refractivity contribution in [3.8, 4) is 12.0 Å². The molecule has 0 fully saturated rings. The van der Waals surface area contributed by atoms with Crippen LogP contribution < -0.4 is 15.1 Å². The number of nitriles is 1. The van der Waals surface area contributed by atoms with Gasteiger partial charge in [0.05, 0.1) is 16.1 Å². The van der Waals surface area contributed by atoms with Crippen molar-refractivity contribution in [1.29, 1.82) is 5.26 Å². The minimum atomic E-state index is -0.571. The maximum atomic E-state index is 12.7. The van der Waals surface area contributed by atoms with E-state index in [9.17, 15) is 15.2 Å². The predicted molar refractivity (Wildman–Crippen MR) is 111 cm³/mol. The normalized spacial score (nSPS) is 16.5. The average molecular weight is 441 g/mol. The Morgan fingerprint density at radius 2 is 2.23 bits per heavy atom. The number of amides is 1. The molecular formula is C21H20N4O3S2. The molecule has 1 aromatic carbocycles. The average Bonchev–Trinajstić information content (AvgIpc) is 3.27. The fourth-order valence-electron chi connectivity index (χ4n) is 3.67. The van der Waals surface area contributed by atoms with E-state index in [-0.39, 0.29) is 10.9 Å². The molecular weight excluding hydrogens is 420 g/mol. The van der Waals surface area contributed by atoms with Crippen LogP contribution in [0.15, 0.2) is 39.9 Å². The van der Waals surface area contributed by atoms with Crippen LogP contribution in [0.25, 0.3) is 0 Å². The molecule has 2 unspecified atom stereocenters. The summed E-state index contributed by atoms with van der Waals surface area (Å²) in [5, 5.41) is 28.2. The molecule has 154 valence electrons. The van der Waals surface area contributed by atoms with E-state index in [1.54, 1.807) is 14.0 Å².